The fraction of sp³-hybridized carbons (Fsp3) is 0.355. The molecule has 0 heterocycles. The van der Waals surface area contributed by atoms with Gasteiger partial charge < -0.3 is 15.0 Å². The van der Waals surface area contributed by atoms with Gasteiger partial charge in [0.05, 0.1) is 28.3 Å². The molecule has 1 N–H and O–H groups in total. The van der Waals surface area contributed by atoms with E-state index in [1.807, 2.05) is 13.8 Å². The average molecular weight is 654 g/mol. The second-order valence-corrected chi connectivity index (χ2v) is 12.7. The molecule has 2 amide bonds. The average Bonchev–Trinajstić information content (AvgIpc) is 2.98. The maximum Gasteiger partial charge on any atom is 0.417 e. The van der Waals surface area contributed by atoms with E-state index in [9.17, 15) is 31.2 Å². The topological polar surface area (TPSA) is 96.0 Å². The van der Waals surface area contributed by atoms with Crippen LogP contribution >= 0.6 is 11.6 Å². The molecule has 0 radical (unpaired) electrons. The number of rotatable bonds is 13. The van der Waals surface area contributed by atoms with Crippen LogP contribution in [0.1, 0.15) is 38.3 Å². The zero-order valence-electron chi connectivity index (χ0n) is 24.8. The summed E-state index contributed by atoms with van der Waals surface area (Å²) in [5.41, 5.74) is -1.08. The van der Waals surface area contributed by atoms with Crippen LogP contribution in [0, 0.1) is 5.92 Å². The first-order valence-corrected chi connectivity index (χ1v) is 15.7. The summed E-state index contributed by atoms with van der Waals surface area (Å²) in [6.45, 7) is 4.88. The van der Waals surface area contributed by atoms with Crippen molar-refractivity contribution in [1.82, 2.24) is 10.2 Å². The van der Waals surface area contributed by atoms with Crippen LogP contribution in [0.15, 0.2) is 77.7 Å². The molecular formula is C31H35ClF3N3O5S. The number of nitrogens with one attached hydrogen (secondary N) is 1. The van der Waals surface area contributed by atoms with Crippen molar-refractivity contribution < 1.29 is 35.9 Å². The van der Waals surface area contributed by atoms with Crippen LogP contribution in [0.4, 0.5) is 18.9 Å². The second kappa shape index (κ2) is 14.8. The van der Waals surface area contributed by atoms with Gasteiger partial charge in [0.15, 0.2) is 0 Å². The molecule has 44 heavy (non-hydrogen) atoms. The highest BCUT2D eigenvalue weighted by molar-refractivity contribution is 7.92. The first-order valence-electron chi connectivity index (χ1n) is 13.8. The van der Waals surface area contributed by atoms with Gasteiger partial charge in [-0.15, -0.1) is 0 Å². The van der Waals surface area contributed by atoms with E-state index in [0.29, 0.717) is 28.2 Å². The largest absolute Gasteiger partial charge is 0.497 e. The van der Waals surface area contributed by atoms with Gasteiger partial charge in [0.1, 0.15) is 18.3 Å². The first kappa shape index (κ1) is 34.7. The molecule has 3 rings (SSSR count). The van der Waals surface area contributed by atoms with Crippen molar-refractivity contribution in [2.45, 2.75) is 50.9 Å². The Bertz CT molecular complexity index is 1550. The molecule has 13 heteroatoms. The lowest BCUT2D eigenvalue weighted by Gasteiger charge is -2.33. The highest BCUT2D eigenvalue weighted by Crippen LogP contribution is 2.38. The number of methoxy groups -OCH3 is 1. The van der Waals surface area contributed by atoms with Crippen LogP contribution in [-0.2, 0) is 32.3 Å². The third kappa shape index (κ3) is 8.66. The smallest absolute Gasteiger partial charge is 0.417 e. The predicted molar refractivity (Wildman–Crippen MR) is 163 cm³/mol. The van der Waals surface area contributed by atoms with Crippen LogP contribution in [0.2, 0.25) is 5.02 Å². The predicted octanol–water partition coefficient (Wildman–Crippen LogP) is 6.14. The van der Waals surface area contributed by atoms with Gasteiger partial charge in [-0.05, 0) is 60.4 Å². The van der Waals surface area contributed by atoms with Crippen molar-refractivity contribution in [3.63, 3.8) is 0 Å². The van der Waals surface area contributed by atoms with Crippen molar-refractivity contribution in [3.05, 3.63) is 88.9 Å². The van der Waals surface area contributed by atoms with Crippen molar-refractivity contribution >= 4 is 39.1 Å². The second-order valence-electron chi connectivity index (χ2n) is 10.4. The van der Waals surface area contributed by atoms with E-state index in [2.05, 4.69) is 5.32 Å². The zero-order valence-corrected chi connectivity index (χ0v) is 26.3. The molecule has 0 aliphatic carbocycles. The van der Waals surface area contributed by atoms with Gasteiger partial charge in [-0.3, -0.25) is 13.9 Å². The van der Waals surface area contributed by atoms with E-state index >= 15 is 0 Å². The molecule has 0 fully saturated rings. The monoisotopic (exact) mass is 653 g/mol. The number of carbonyl (C=O) groups excluding carboxylic acids is 2. The lowest BCUT2D eigenvalue weighted by atomic mass is 10.1. The van der Waals surface area contributed by atoms with E-state index in [1.54, 1.807) is 37.3 Å². The van der Waals surface area contributed by atoms with Gasteiger partial charge in [0.25, 0.3) is 10.0 Å². The molecule has 0 aromatic heterocycles. The van der Waals surface area contributed by atoms with E-state index in [-0.39, 0.29) is 23.8 Å². The number of ether oxygens (including phenoxy) is 1. The number of hydrogen-bond donors (Lipinski definition) is 1. The van der Waals surface area contributed by atoms with E-state index in [0.717, 1.165) is 12.1 Å². The Labute approximate surface area is 260 Å². The van der Waals surface area contributed by atoms with Gasteiger partial charge in [0, 0.05) is 13.1 Å². The van der Waals surface area contributed by atoms with Crippen molar-refractivity contribution in [1.29, 1.82) is 0 Å². The molecule has 0 aliphatic heterocycles. The number of carbonyl (C=O) groups is 2. The van der Waals surface area contributed by atoms with E-state index < -0.39 is 56.9 Å². The van der Waals surface area contributed by atoms with Crippen molar-refractivity contribution in [2.24, 2.45) is 5.92 Å². The summed E-state index contributed by atoms with van der Waals surface area (Å²) in [7, 11) is -3.08. The van der Waals surface area contributed by atoms with E-state index in [1.165, 1.54) is 36.3 Å². The summed E-state index contributed by atoms with van der Waals surface area (Å²) >= 11 is 5.82. The van der Waals surface area contributed by atoms with Gasteiger partial charge in [-0.25, -0.2) is 8.42 Å². The summed E-state index contributed by atoms with van der Waals surface area (Å²) in [6.07, 6.45) is -4.70. The lowest BCUT2D eigenvalue weighted by Crippen LogP contribution is -2.52. The van der Waals surface area contributed by atoms with Crippen LogP contribution in [0.25, 0.3) is 0 Å². The van der Waals surface area contributed by atoms with Crippen LogP contribution < -0.4 is 14.4 Å². The molecule has 8 nitrogen and oxygen atoms in total. The Hall–Kier alpha value is -3.77. The summed E-state index contributed by atoms with van der Waals surface area (Å²) in [6, 6.07) is 15.4. The number of amides is 2. The molecule has 0 bridgehead atoms. The fourth-order valence-electron chi connectivity index (χ4n) is 4.44. The number of alkyl halides is 3. The minimum absolute atomic E-state index is 0.0999. The van der Waals surface area contributed by atoms with E-state index in [4.69, 9.17) is 16.3 Å². The molecule has 0 saturated heterocycles. The fourth-order valence-corrected chi connectivity index (χ4v) is 6.10. The highest BCUT2D eigenvalue weighted by Gasteiger charge is 2.37. The molecule has 3 aromatic carbocycles. The summed E-state index contributed by atoms with van der Waals surface area (Å²) in [5, 5.41) is 2.19. The van der Waals surface area contributed by atoms with Crippen molar-refractivity contribution in [3.8, 4) is 5.75 Å². The Kier molecular flexibility index (Phi) is 11.7. The maximum absolute atomic E-state index is 14.1. The Morgan fingerprint density at radius 2 is 1.68 bits per heavy atom. The molecule has 0 spiro atoms. The molecule has 0 saturated carbocycles. The minimum Gasteiger partial charge on any atom is -0.497 e. The SMILES string of the molecule is CCC(C(=O)NCC(C)C)N(Cc1cccc(OC)c1)C(=O)CN(c1ccc(Cl)c(C(F)(F)F)c1)S(=O)(=O)c1ccccc1. The summed E-state index contributed by atoms with van der Waals surface area (Å²) in [5.74, 6) is -0.622. The zero-order chi connectivity index (χ0) is 32.7. The number of hydrogen-bond acceptors (Lipinski definition) is 5. The Morgan fingerprint density at radius 1 is 1.00 bits per heavy atom. The first-order chi connectivity index (χ1) is 20.7. The Balaban J connectivity index is 2.13. The molecule has 3 aromatic rings. The number of nitrogens with zero attached hydrogens (tertiary/aromatic N) is 2. The molecule has 238 valence electrons. The molecule has 1 atom stereocenters. The van der Waals surface area contributed by atoms with Crippen LogP contribution in [0.5, 0.6) is 5.75 Å². The standard InChI is InChI=1S/C31H35ClF3N3O5S/c1-5-28(30(40)36-18-21(2)3)37(19-22-10-9-11-24(16-22)43-4)29(39)20-38(44(41,42)25-12-7-6-8-13-25)23-14-15-27(32)26(17-23)31(33,34)35/h6-17,21,28H,5,18-20H2,1-4H3,(H,36,40). The minimum atomic E-state index is -4.89. The molecular weight excluding hydrogens is 619 g/mol. The summed E-state index contributed by atoms with van der Waals surface area (Å²) < 4.78 is 75.0. The number of benzene rings is 3. The highest BCUT2D eigenvalue weighted by atomic mass is 35.5. The normalized spacial score (nSPS) is 12.5. The van der Waals surface area contributed by atoms with Crippen molar-refractivity contribution in [2.75, 3.05) is 24.5 Å². The maximum atomic E-state index is 14.1. The number of halogens is 4. The number of sulfonamides is 1. The Morgan fingerprint density at radius 3 is 2.27 bits per heavy atom. The van der Waals surface area contributed by atoms with Gasteiger partial charge >= 0.3 is 6.18 Å². The van der Waals surface area contributed by atoms with Gasteiger partial charge in [-0.2, -0.15) is 13.2 Å². The van der Waals surface area contributed by atoms with Gasteiger partial charge in [0.2, 0.25) is 11.8 Å². The number of anilines is 1. The molecule has 0 aliphatic rings. The third-order valence-electron chi connectivity index (χ3n) is 6.71. The molecule has 1 unspecified atom stereocenters. The van der Waals surface area contributed by atoms with Gasteiger partial charge in [-0.1, -0.05) is 62.7 Å². The quantitative estimate of drug-likeness (QED) is 0.239. The van der Waals surface area contributed by atoms with Crippen LogP contribution in [-0.4, -0.2) is 51.4 Å². The summed E-state index contributed by atoms with van der Waals surface area (Å²) in [4.78, 5) is 28.4. The van der Waals surface area contributed by atoms with Crippen LogP contribution in [0.3, 0.4) is 0 Å². The third-order valence-corrected chi connectivity index (χ3v) is 8.83. The lowest BCUT2D eigenvalue weighted by molar-refractivity contribution is -0.140.